The maximum absolute atomic E-state index is 9.49. The van der Waals surface area contributed by atoms with Crippen molar-refractivity contribution in [1.29, 1.82) is 0 Å². The Morgan fingerprint density at radius 1 is 1.35 bits per heavy atom. The zero-order valence-corrected chi connectivity index (χ0v) is 8.75. The minimum atomic E-state index is -0.110. The Hall–Kier alpha value is -2.63. The lowest BCUT2D eigenvalue weighted by atomic mass is 10.2. The van der Waals surface area contributed by atoms with Gasteiger partial charge in [0, 0.05) is 5.56 Å². The van der Waals surface area contributed by atoms with Crippen molar-refractivity contribution in [2.75, 3.05) is 5.73 Å². The highest BCUT2D eigenvalue weighted by atomic mass is 16.3. The Morgan fingerprint density at radius 2 is 2.24 bits per heavy atom. The van der Waals surface area contributed by atoms with Crippen LogP contribution in [0.25, 0.3) is 6.08 Å². The highest BCUT2D eigenvalue weighted by Gasteiger charge is 2.04. The van der Waals surface area contributed by atoms with Crippen molar-refractivity contribution in [2.24, 2.45) is 10.2 Å². The van der Waals surface area contributed by atoms with Crippen LogP contribution in [0.5, 0.6) is 5.88 Å². The van der Waals surface area contributed by atoms with Crippen molar-refractivity contribution >= 4 is 18.2 Å². The number of benzene rings is 1. The van der Waals surface area contributed by atoms with E-state index in [0.717, 1.165) is 16.1 Å². The lowest BCUT2D eigenvalue weighted by Crippen LogP contribution is -2.11. The number of nitrogens with one attached hydrogen (secondary N) is 1. The van der Waals surface area contributed by atoms with Gasteiger partial charge in [0.05, 0.1) is 11.6 Å². The van der Waals surface area contributed by atoms with Gasteiger partial charge in [-0.05, 0) is 23.4 Å². The number of aromatic amines is 1. The molecule has 1 aromatic heterocycles. The molecule has 0 amide bonds. The van der Waals surface area contributed by atoms with Gasteiger partial charge in [-0.15, -0.1) is 0 Å². The Morgan fingerprint density at radius 3 is 3.00 bits per heavy atom. The number of imidazole rings is 1. The molecule has 3 rings (SSSR count). The average Bonchev–Trinajstić information content (AvgIpc) is 2.85. The second kappa shape index (κ2) is 3.44. The molecular weight excluding hydrogens is 218 g/mol. The van der Waals surface area contributed by atoms with Gasteiger partial charge in [0.25, 0.3) is 0 Å². The largest absolute Gasteiger partial charge is 0.492 e. The van der Waals surface area contributed by atoms with E-state index in [9.17, 15) is 5.11 Å². The Balaban J connectivity index is 2.14. The monoisotopic (exact) mass is 227 g/mol. The molecule has 0 saturated heterocycles. The van der Waals surface area contributed by atoms with Crippen LogP contribution in [-0.2, 0) is 0 Å². The fourth-order valence-electron chi connectivity index (χ4n) is 1.67. The van der Waals surface area contributed by atoms with Crippen LogP contribution in [-0.4, -0.2) is 21.3 Å². The van der Waals surface area contributed by atoms with Crippen molar-refractivity contribution in [2.45, 2.75) is 0 Å². The van der Waals surface area contributed by atoms with Crippen molar-refractivity contribution in [3.8, 4) is 5.88 Å². The summed E-state index contributed by atoms with van der Waals surface area (Å²) in [5.74, 6) is 0.0767. The lowest BCUT2D eigenvalue weighted by Gasteiger charge is -1.91. The summed E-state index contributed by atoms with van der Waals surface area (Å²) < 4.78 is 0. The zero-order valence-electron chi connectivity index (χ0n) is 8.75. The van der Waals surface area contributed by atoms with Gasteiger partial charge in [0.2, 0.25) is 11.8 Å². The molecule has 0 spiro atoms. The molecule has 1 aliphatic rings. The molecule has 0 atom stereocenters. The molecule has 0 fully saturated rings. The van der Waals surface area contributed by atoms with E-state index in [1.165, 1.54) is 0 Å². The fourth-order valence-corrected chi connectivity index (χ4v) is 1.67. The molecule has 84 valence electrons. The zero-order chi connectivity index (χ0) is 11.8. The summed E-state index contributed by atoms with van der Waals surface area (Å²) >= 11 is 0. The predicted octanol–water partition coefficient (Wildman–Crippen LogP) is -0.507. The summed E-state index contributed by atoms with van der Waals surface area (Å²) in [6.45, 7) is 0. The first kappa shape index (κ1) is 9.59. The van der Waals surface area contributed by atoms with Crippen molar-refractivity contribution < 1.29 is 5.11 Å². The highest BCUT2D eigenvalue weighted by molar-refractivity contribution is 5.80. The Labute approximate surface area is 95.8 Å². The number of rotatable bonds is 1. The Kier molecular flexibility index (Phi) is 1.94. The van der Waals surface area contributed by atoms with Gasteiger partial charge >= 0.3 is 0 Å². The third-order valence-corrected chi connectivity index (χ3v) is 2.45. The second-order valence-corrected chi connectivity index (χ2v) is 3.67. The maximum Gasteiger partial charge on any atom is 0.238 e. The first-order valence-corrected chi connectivity index (χ1v) is 5.00. The highest BCUT2D eigenvalue weighted by Crippen LogP contribution is 2.14. The number of nitrogen functional groups attached to an aromatic ring is 1. The molecule has 0 saturated carbocycles. The molecule has 0 unspecified atom stereocenters. The van der Waals surface area contributed by atoms with Gasteiger partial charge in [0.15, 0.2) is 0 Å². The number of anilines is 1. The van der Waals surface area contributed by atoms with Crippen LogP contribution in [0, 0.1) is 0 Å². The average molecular weight is 227 g/mol. The summed E-state index contributed by atoms with van der Waals surface area (Å²) in [5, 5.41) is 19.0. The number of nitrogens with zero attached hydrogens (tertiary/aromatic N) is 3. The van der Waals surface area contributed by atoms with Crippen LogP contribution in [0.15, 0.2) is 28.4 Å². The molecule has 6 heteroatoms. The normalized spacial score (nSPS) is 13.8. The molecule has 1 aliphatic heterocycles. The van der Waals surface area contributed by atoms with Crippen LogP contribution >= 0.6 is 0 Å². The third-order valence-electron chi connectivity index (χ3n) is 2.45. The SMILES string of the molecule is Nc1nc(O)c(/C=c2\ccc3c(c2)C=NN=3)[nH]1. The molecule has 0 aliphatic carbocycles. The standard InChI is InChI=1S/C11H9N5O/c12-11-14-9(10(17)15-11)4-6-1-2-8-7(3-6)5-13-16-8/h1-5,17H,(H3,12,14,15)/b6-4+. The fraction of sp³-hybridized carbons (Fsp3) is 0. The Bertz CT molecular complexity index is 729. The molecule has 2 aromatic rings. The van der Waals surface area contributed by atoms with E-state index >= 15 is 0 Å². The molecule has 0 bridgehead atoms. The number of aromatic hydroxyl groups is 1. The minimum Gasteiger partial charge on any atom is -0.492 e. The van der Waals surface area contributed by atoms with E-state index in [1.807, 2.05) is 18.2 Å². The number of nitrogens with two attached hydrogens (primary N) is 1. The first-order valence-electron chi connectivity index (χ1n) is 5.00. The maximum atomic E-state index is 9.49. The van der Waals surface area contributed by atoms with Gasteiger partial charge in [-0.1, -0.05) is 6.07 Å². The van der Waals surface area contributed by atoms with Crippen molar-refractivity contribution in [1.82, 2.24) is 9.97 Å². The number of aromatic nitrogens is 2. The topological polar surface area (TPSA) is 99.7 Å². The van der Waals surface area contributed by atoms with E-state index in [-0.39, 0.29) is 11.8 Å². The van der Waals surface area contributed by atoms with E-state index in [4.69, 9.17) is 5.73 Å². The van der Waals surface area contributed by atoms with Gasteiger partial charge in [-0.3, -0.25) is 0 Å². The van der Waals surface area contributed by atoms with Gasteiger partial charge in [-0.2, -0.15) is 15.2 Å². The summed E-state index contributed by atoms with van der Waals surface area (Å²) in [6.07, 6.45) is 3.44. The molecule has 1 aromatic carbocycles. The molecule has 6 nitrogen and oxygen atoms in total. The van der Waals surface area contributed by atoms with E-state index < -0.39 is 0 Å². The van der Waals surface area contributed by atoms with Crippen LogP contribution in [0.4, 0.5) is 5.95 Å². The summed E-state index contributed by atoms with van der Waals surface area (Å²) in [6, 6.07) is 5.67. The van der Waals surface area contributed by atoms with Crippen LogP contribution < -0.4 is 16.3 Å². The second-order valence-electron chi connectivity index (χ2n) is 3.67. The molecule has 17 heavy (non-hydrogen) atoms. The first-order chi connectivity index (χ1) is 8.22. The van der Waals surface area contributed by atoms with Crippen LogP contribution in [0.3, 0.4) is 0 Å². The quantitative estimate of drug-likeness (QED) is 0.612. The van der Waals surface area contributed by atoms with E-state index in [1.54, 1.807) is 12.3 Å². The molecule has 2 heterocycles. The van der Waals surface area contributed by atoms with Gasteiger partial charge in [-0.25, -0.2) is 0 Å². The number of H-pyrrole nitrogens is 1. The van der Waals surface area contributed by atoms with Gasteiger partial charge in [0.1, 0.15) is 5.69 Å². The summed E-state index contributed by atoms with van der Waals surface area (Å²) in [4.78, 5) is 6.45. The van der Waals surface area contributed by atoms with Crippen molar-refractivity contribution in [3.63, 3.8) is 0 Å². The smallest absolute Gasteiger partial charge is 0.238 e. The van der Waals surface area contributed by atoms with Crippen LogP contribution in [0.1, 0.15) is 11.3 Å². The van der Waals surface area contributed by atoms with Crippen molar-refractivity contribution in [3.05, 3.63) is 40.0 Å². The number of hydrogen-bond acceptors (Lipinski definition) is 5. The minimum absolute atomic E-state index is 0.110. The van der Waals surface area contributed by atoms with Crippen LogP contribution in [0.2, 0.25) is 0 Å². The number of fused-ring (bicyclic) bond motifs is 1. The number of hydrogen-bond donors (Lipinski definition) is 3. The molecule has 0 radical (unpaired) electrons. The molecular formula is C11H9N5O. The molecule has 4 N–H and O–H groups in total. The lowest BCUT2D eigenvalue weighted by molar-refractivity contribution is 0.455. The van der Waals surface area contributed by atoms with Gasteiger partial charge < -0.3 is 15.8 Å². The van der Waals surface area contributed by atoms with E-state index in [2.05, 4.69) is 20.2 Å². The summed E-state index contributed by atoms with van der Waals surface area (Å²) in [7, 11) is 0. The van der Waals surface area contributed by atoms with E-state index in [0.29, 0.717) is 5.69 Å². The summed E-state index contributed by atoms with van der Waals surface area (Å²) in [5.41, 5.74) is 6.87. The third kappa shape index (κ3) is 1.65. The predicted molar refractivity (Wildman–Crippen MR) is 63.0 cm³/mol.